The third kappa shape index (κ3) is 1.98. The Morgan fingerprint density at radius 3 is 2.77 bits per heavy atom. The van der Waals surface area contributed by atoms with Gasteiger partial charge in [0, 0.05) is 18.6 Å². The van der Waals surface area contributed by atoms with E-state index in [4.69, 9.17) is 3.85 Å². The molecule has 0 fully saturated rings. The van der Waals surface area contributed by atoms with E-state index in [1.165, 1.54) is 15.5 Å². The highest BCUT2D eigenvalue weighted by Gasteiger charge is 2.11. The van der Waals surface area contributed by atoms with Gasteiger partial charge >= 0.3 is 0 Å². The molecule has 1 aromatic heterocycles. The number of pyridine rings is 1. The summed E-state index contributed by atoms with van der Waals surface area (Å²) < 4.78 is 10.2. The summed E-state index contributed by atoms with van der Waals surface area (Å²) in [5.41, 5.74) is 0.480. The van der Waals surface area contributed by atoms with Crippen LogP contribution < -0.4 is 5.56 Å². The van der Waals surface area contributed by atoms with Crippen molar-refractivity contribution in [2.45, 2.75) is 0 Å². The molecule has 0 radical (unpaired) electrons. The van der Waals surface area contributed by atoms with Gasteiger partial charge in [-0.25, -0.2) is 4.98 Å². The maximum Gasteiger partial charge on any atom is 0.296 e. The first kappa shape index (κ1) is 13.3. The van der Waals surface area contributed by atoms with Crippen LogP contribution in [0.4, 0.5) is 0 Å². The van der Waals surface area contributed by atoms with Gasteiger partial charge in [0.2, 0.25) is 0 Å². The minimum Gasteiger partial charge on any atom is -0.383 e. The van der Waals surface area contributed by atoms with Crippen LogP contribution in [0, 0.1) is 10.8 Å². The monoisotopic (exact) mass is 329 g/mol. The first-order valence-electron chi connectivity index (χ1n) is 6.61. The Kier molecular flexibility index (Phi) is 3.09. The molecular weight excluding hydrogens is 318 g/mol. The Bertz CT molecular complexity index is 1110. The van der Waals surface area contributed by atoms with Crippen LogP contribution in [0.3, 0.4) is 0 Å². The van der Waals surface area contributed by atoms with Crippen molar-refractivity contribution in [3.63, 3.8) is 0 Å². The minimum absolute atomic E-state index is 0.130. The van der Waals surface area contributed by atoms with E-state index in [0.717, 1.165) is 21.9 Å². The predicted molar refractivity (Wildman–Crippen MR) is 87.3 cm³/mol. The molecule has 0 N–H and O–H groups in total. The molecule has 3 heterocycles. The number of nitrogens with zero attached hydrogens (tertiary/aromatic N) is 3. The van der Waals surface area contributed by atoms with Gasteiger partial charge in [0.15, 0.2) is 16.6 Å². The summed E-state index contributed by atoms with van der Waals surface area (Å²) in [6.07, 6.45) is 1.65. The lowest BCUT2D eigenvalue weighted by molar-refractivity contribution is 0.619. The first-order chi connectivity index (χ1) is 10.8. The van der Waals surface area contributed by atoms with Gasteiger partial charge in [-0.2, -0.15) is 3.96 Å². The molecule has 0 aliphatic carbocycles. The summed E-state index contributed by atoms with van der Waals surface area (Å²) in [5, 5.41) is 1.48. The van der Waals surface area contributed by atoms with Gasteiger partial charge in [-0.1, -0.05) is 29.7 Å². The Morgan fingerprint density at radius 2 is 1.95 bits per heavy atom. The van der Waals surface area contributed by atoms with Gasteiger partial charge in [-0.05, 0) is 24.3 Å². The second kappa shape index (κ2) is 5.11. The van der Waals surface area contributed by atoms with Crippen molar-refractivity contribution in [2.75, 3.05) is 0 Å². The normalized spacial score (nSPS) is 11.1. The van der Waals surface area contributed by atoms with Crippen molar-refractivity contribution < 1.29 is 3.85 Å². The van der Waals surface area contributed by atoms with Crippen LogP contribution in [0.25, 0.3) is 15.9 Å². The number of hydrogen-bond acceptors (Lipinski definition) is 5. The van der Waals surface area contributed by atoms with Crippen LogP contribution in [0.5, 0.6) is 0 Å². The zero-order chi connectivity index (χ0) is 15.1. The van der Waals surface area contributed by atoms with Crippen LogP contribution in [0.2, 0.25) is 0 Å². The molecule has 0 unspecified atom stereocenters. The molecule has 4 rings (SSSR count). The molecule has 22 heavy (non-hydrogen) atoms. The molecule has 0 saturated carbocycles. The molecule has 110 valence electrons. The fourth-order valence-corrected chi connectivity index (χ4v) is 3.94. The SMILES string of the molecule is Cn1sc2ccccc2c2osn(-c3ccccn3)c(=O)c1=2. The topological polar surface area (TPSA) is 53.0 Å². The highest BCUT2D eigenvalue weighted by atomic mass is 32.1. The minimum atomic E-state index is -0.130. The van der Waals surface area contributed by atoms with E-state index in [2.05, 4.69) is 4.98 Å². The fraction of sp³-hybridized carbons (Fsp3) is 0.0667. The van der Waals surface area contributed by atoms with Gasteiger partial charge in [0.1, 0.15) is 11.8 Å². The smallest absolute Gasteiger partial charge is 0.296 e. The zero-order valence-corrected chi connectivity index (χ0v) is 13.2. The van der Waals surface area contributed by atoms with Crippen molar-refractivity contribution in [1.82, 2.24) is 12.9 Å². The van der Waals surface area contributed by atoms with E-state index in [1.807, 2.05) is 47.4 Å². The van der Waals surface area contributed by atoms with Gasteiger partial charge in [-0.3, -0.25) is 8.75 Å². The molecule has 1 aromatic carbocycles. The molecule has 0 bridgehead atoms. The largest absolute Gasteiger partial charge is 0.383 e. The second-order valence-corrected chi connectivity index (χ2v) is 6.56. The predicted octanol–water partition coefficient (Wildman–Crippen LogP) is 3.29. The van der Waals surface area contributed by atoms with E-state index in [0.29, 0.717) is 16.6 Å². The van der Waals surface area contributed by atoms with Crippen molar-refractivity contribution in [3.05, 3.63) is 69.8 Å². The first-order valence-corrected chi connectivity index (χ1v) is 8.08. The molecule has 2 aliphatic rings. The van der Waals surface area contributed by atoms with Gasteiger partial charge in [-0.15, -0.1) is 0 Å². The van der Waals surface area contributed by atoms with E-state index >= 15 is 0 Å². The van der Waals surface area contributed by atoms with Crippen LogP contribution in [-0.2, 0) is 7.05 Å². The van der Waals surface area contributed by atoms with Crippen molar-refractivity contribution in [2.24, 2.45) is 7.05 Å². The summed E-state index contributed by atoms with van der Waals surface area (Å²) in [5.74, 6) is 0.557. The van der Waals surface area contributed by atoms with E-state index in [1.54, 1.807) is 12.3 Å². The maximum atomic E-state index is 12.9. The Labute approximate surface area is 133 Å². The summed E-state index contributed by atoms with van der Waals surface area (Å²) in [6.45, 7) is 0. The Morgan fingerprint density at radius 1 is 1.14 bits per heavy atom. The number of aromatic nitrogens is 3. The molecule has 0 spiro atoms. The summed E-state index contributed by atoms with van der Waals surface area (Å²) in [4.78, 5) is 17.1. The third-order valence-corrected chi connectivity index (χ3v) is 5.09. The molecular formula is C15H11N3O2S2. The fourth-order valence-electron chi connectivity index (χ4n) is 2.33. The maximum absolute atomic E-state index is 12.9. The Hall–Kier alpha value is -2.38. The second-order valence-electron chi connectivity index (χ2n) is 4.71. The number of benzene rings is 1. The van der Waals surface area contributed by atoms with Gasteiger partial charge in [0.25, 0.3) is 5.56 Å². The average molecular weight is 329 g/mol. The molecule has 2 aromatic rings. The van der Waals surface area contributed by atoms with E-state index in [9.17, 15) is 4.79 Å². The number of aryl methyl sites for hydroxylation is 1. The van der Waals surface area contributed by atoms with E-state index in [-0.39, 0.29) is 5.56 Å². The molecule has 5 nitrogen and oxygen atoms in total. The standard InChI is InChI=1S/C15H11N3O2S2/c1-17-13-14(10-6-2-3-7-11(10)21-17)20-22-18(15(13)19)12-8-4-5-9-16-12/h2-9H,1H3. The van der Waals surface area contributed by atoms with Gasteiger partial charge in [0.05, 0.1) is 4.70 Å². The quantitative estimate of drug-likeness (QED) is 0.538. The molecule has 0 amide bonds. The lowest BCUT2D eigenvalue weighted by Crippen LogP contribution is -2.21. The number of rotatable bonds is 1. The molecule has 2 aliphatic heterocycles. The lowest BCUT2D eigenvalue weighted by atomic mass is 10.2. The van der Waals surface area contributed by atoms with Crippen LogP contribution in [-0.4, -0.2) is 12.9 Å². The summed E-state index contributed by atoms with van der Waals surface area (Å²) in [6, 6.07) is 13.3. The highest BCUT2D eigenvalue weighted by molar-refractivity contribution is 7.13. The van der Waals surface area contributed by atoms with Crippen LogP contribution in [0.15, 0.2) is 57.3 Å². The number of hydrogen-bond donors (Lipinski definition) is 0. The Balaban J connectivity index is 2.20. The highest BCUT2D eigenvalue weighted by Crippen LogP contribution is 2.21. The summed E-state index contributed by atoms with van der Waals surface area (Å²) in [7, 11) is 1.86. The molecule has 0 atom stereocenters. The van der Waals surface area contributed by atoms with Crippen molar-refractivity contribution in [3.8, 4) is 5.82 Å². The van der Waals surface area contributed by atoms with Gasteiger partial charge < -0.3 is 3.85 Å². The summed E-state index contributed by atoms with van der Waals surface area (Å²) >= 11 is 2.52. The van der Waals surface area contributed by atoms with Crippen molar-refractivity contribution in [1.29, 1.82) is 0 Å². The van der Waals surface area contributed by atoms with Crippen LogP contribution in [0.1, 0.15) is 0 Å². The third-order valence-electron chi connectivity index (χ3n) is 3.34. The average Bonchev–Trinajstić information content (AvgIpc) is 2.56. The molecule has 0 saturated heterocycles. The molecule has 7 heteroatoms. The van der Waals surface area contributed by atoms with E-state index < -0.39 is 0 Å². The van der Waals surface area contributed by atoms with Crippen molar-refractivity contribution >= 4 is 33.4 Å². The number of fused-ring (bicyclic) bond motifs is 2. The lowest BCUT2D eigenvalue weighted by Gasteiger charge is -2.06. The van der Waals surface area contributed by atoms with Crippen LogP contribution >= 0.6 is 23.4 Å². The zero-order valence-electron chi connectivity index (χ0n) is 11.6.